The van der Waals surface area contributed by atoms with Crippen molar-refractivity contribution in [3.8, 4) is 6.07 Å². The average Bonchev–Trinajstić information content (AvgIpc) is 2.44. The molecule has 0 fully saturated rings. The second kappa shape index (κ2) is 5.59. The number of aryl methyl sites for hydroxylation is 1. The van der Waals surface area contributed by atoms with E-state index in [0.717, 1.165) is 6.07 Å². The fourth-order valence-corrected chi connectivity index (χ4v) is 1.85. The van der Waals surface area contributed by atoms with Crippen LogP contribution in [0, 0.1) is 29.9 Å². The van der Waals surface area contributed by atoms with Crippen LogP contribution in [0.2, 0.25) is 0 Å². The second-order valence-corrected chi connectivity index (χ2v) is 4.46. The highest BCUT2D eigenvalue weighted by Gasteiger charge is 2.15. The Labute approximate surface area is 119 Å². The molecule has 2 rings (SSSR count). The maximum Gasteiger partial charge on any atom is 0.258 e. The summed E-state index contributed by atoms with van der Waals surface area (Å²) in [7, 11) is 0. The molecule has 0 saturated carbocycles. The van der Waals surface area contributed by atoms with Gasteiger partial charge in [-0.3, -0.25) is 4.79 Å². The van der Waals surface area contributed by atoms with Gasteiger partial charge in [-0.2, -0.15) is 5.26 Å². The first-order valence-electron chi connectivity index (χ1n) is 5.99. The van der Waals surface area contributed by atoms with Crippen molar-refractivity contribution in [3.63, 3.8) is 0 Å². The minimum atomic E-state index is -0.724. The van der Waals surface area contributed by atoms with E-state index in [1.165, 1.54) is 31.2 Å². The smallest absolute Gasteiger partial charge is 0.258 e. The zero-order valence-corrected chi connectivity index (χ0v) is 11.1. The van der Waals surface area contributed by atoms with Crippen LogP contribution >= 0.6 is 0 Å². The van der Waals surface area contributed by atoms with Crippen LogP contribution in [0.4, 0.5) is 20.2 Å². The molecule has 0 aliphatic heterocycles. The number of halogens is 2. The van der Waals surface area contributed by atoms with E-state index in [-0.39, 0.29) is 28.1 Å². The van der Waals surface area contributed by atoms with Crippen LogP contribution in [0.1, 0.15) is 21.5 Å². The number of nitriles is 1. The van der Waals surface area contributed by atoms with E-state index < -0.39 is 17.5 Å². The summed E-state index contributed by atoms with van der Waals surface area (Å²) < 4.78 is 27.1. The van der Waals surface area contributed by atoms with Crippen LogP contribution in [-0.2, 0) is 0 Å². The lowest BCUT2D eigenvalue weighted by Gasteiger charge is -2.09. The van der Waals surface area contributed by atoms with Gasteiger partial charge in [-0.25, -0.2) is 8.78 Å². The quantitative estimate of drug-likeness (QED) is 0.833. The highest BCUT2D eigenvalue weighted by molar-refractivity contribution is 6.05. The molecule has 2 aromatic carbocycles. The third-order valence-corrected chi connectivity index (χ3v) is 2.87. The van der Waals surface area contributed by atoms with E-state index in [0.29, 0.717) is 0 Å². The molecular formula is C15H11F2N3O. The maximum absolute atomic E-state index is 13.9. The summed E-state index contributed by atoms with van der Waals surface area (Å²) in [6.07, 6.45) is 0. The van der Waals surface area contributed by atoms with Crippen LogP contribution in [0.25, 0.3) is 0 Å². The molecule has 6 heteroatoms. The van der Waals surface area contributed by atoms with Crippen LogP contribution in [0.5, 0.6) is 0 Å². The Morgan fingerprint density at radius 2 is 2.00 bits per heavy atom. The van der Waals surface area contributed by atoms with E-state index in [2.05, 4.69) is 5.32 Å². The van der Waals surface area contributed by atoms with Crippen molar-refractivity contribution in [2.45, 2.75) is 6.92 Å². The highest BCUT2D eigenvalue weighted by Crippen LogP contribution is 2.20. The number of nitrogens with two attached hydrogens (primary N) is 1. The van der Waals surface area contributed by atoms with E-state index in [4.69, 9.17) is 11.0 Å². The van der Waals surface area contributed by atoms with Gasteiger partial charge in [-0.05, 0) is 42.8 Å². The molecule has 0 atom stereocenters. The Hall–Kier alpha value is -2.94. The molecule has 0 bridgehead atoms. The van der Waals surface area contributed by atoms with Gasteiger partial charge in [0, 0.05) is 11.4 Å². The molecule has 0 saturated heterocycles. The standard InChI is InChI=1S/C15H11F2N3O/c1-8-4-10(19)6-12(14(8)17)15(21)20-11-2-3-13(16)9(5-11)7-18/h2-6H,19H2,1H3,(H,20,21). The number of benzene rings is 2. The van der Waals surface area contributed by atoms with E-state index in [1.807, 2.05) is 0 Å². The van der Waals surface area contributed by atoms with Crippen molar-refractivity contribution in [3.05, 3.63) is 58.7 Å². The molecule has 0 aliphatic rings. The average molecular weight is 287 g/mol. The monoisotopic (exact) mass is 287 g/mol. The molecule has 1 amide bonds. The third kappa shape index (κ3) is 2.98. The molecule has 0 heterocycles. The predicted molar refractivity (Wildman–Crippen MR) is 74.6 cm³/mol. The first-order chi connectivity index (χ1) is 9.92. The lowest BCUT2D eigenvalue weighted by molar-refractivity contribution is 0.102. The minimum Gasteiger partial charge on any atom is -0.399 e. The Balaban J connectivity index is 2.33. The van der Waals surface area contributed by atoms with Crippen molar-refractivity contribution in [2.75, 3.05) is 11.1 Å². The molecule has 0 spiro atoms. The second-order valence-electron chi connectivity index (χ2n) is 4.46. The van der Waals surface area contributed by atoms with E-state index >= 15 is 0 Å². The Morgan fingerprint density at radius 1 is 1.29 bits per heavy atom. The van der Waals surface area contributed by atoms with Crippen molar-refractivity contribution in [1.29, 1.82) is 5.26 Å². The molecule has 21 heavy (non-hydrogen) atoms. The van der Waals surface area contributed by atoms with Crippen LogP contribution in [0.15, 0.2) is 30.3 Å². The summed E-state index contributed by atoms with van der Waals surface area (Å²) in [5, 5.41) is 11.1. The van der Waals surface area contributed by atoms with Crippen molar-refractivity contribution in [1.82, 2.24) is 0 Å². The summed E-state index contributed by atoms with van der Waals surface area (Å²) in [5.41, 5.74) is 5.86. The molecule has 0 aliphatic carbocycles. The summed E-state index contributed by atoms with van der Waals surface area (Å²) in [6, 6.07) is 7.79. The van der Waals surface area contributed by atoms with Crippen LogP contribution < -0.4 is 11.1 Å². The lowest BCUT2D eigenvalue weighted by atomic mass is 10.1. The lowest BCUT2D eigenvalue weighted by Crippen LogP contribution is -2.15. The molecule has 3 N–H and O–H groups in total. The molecule has 0 unspecified atom stereocenters. The SMILES string of the molecule is Cc1cc(N)cc(C(=O)Nc2ccc(F)c(C#N)c2)c1F. The number of rotatable bonds is 2. The van der Waals surface area contributed by atoms with Crippen LogP contribution in [0.3, 0.4) is 0 Å². The first kappa shape index (κ1) is 14.5. The van der Waals surface area contributed by atoms with E-state index in [1.54, 1.807) is 6.07 Å². The number of carbonyl (C=O) groups is 1. The van der Waals surface area contributed by atoms with Gasteiger partial charge in [0.2, 0.25) is 0 Å². The number of hydrogen-bond donors (Lipinski definition) is 2. The van der Waals surface area contributed by atoms with Gasteiger partial charge >= 0.3 is 0 Å². The van der Waals surface area contributed by atoms with Crippen molar-refractivity contribution in [2.24, 2.45) is 0 Å². The van der Waals surface area contributed by atoms with Crippen molar-refractivity contribution < 1.29 is 13.6 Å². The maximum atomic E-state index is 13.9. The molecule has 0 radical (unpaired) electrons. The largest absolute Gasteiger partial charge is 0.399 e. The van der Waals surface area contributed by atoms with E-state index in [9.17, 15) is 13.6 Å². The van der Waals surface area contributed by atoms with Gasteiger partial charge in [0.05, 0.1) is 11.1 Å². The number of nitrogen functional groups attached to an aromatic ring is 1. The predicted octanol–water partition coefficient (Wildman–Crippen LogP) is 2.98. The number of nitrogens with zero attached hydrogens (tertiary/aromatic N) is 1. The summed E-state index contributed by atoms with van der Waals surface area (Å²) in [6.45, 7) is 1.49. The molecule has 0 aromatic heterocycles. The summed E-state index contributed by atoms with van der Waals surface area (Å²) >= 11 is 0. The number of nitrogens with one attached hydrogen (secondary N) is 1. The number of amides is 1. The first-order valence-corrected chi connectivity index (χ1v) is 5.99. The third-order valence-electron chi connectivity index (χ3n) is 2.87. The number of carbonyl (C=O) groups excluding carboxylic acids is 1. The fraction of sp³-hybridized carbons (Fsp3) is 0.0667. The van der Waals surface area contributed by atoms with Gasteiger partial charge in [0.25, 0.3) is 5.91 Å². The zero-order chi connectivity index (χ0) is 15.6. The molecule has 4 nitrogen and oxygen atoms in total. The van der Waals surface area contributed by atoms with Gasteiger partial charge in [-0.1, -0.05) is 0 Å². The Bertz CT molecular complexity index is 766. The number of anilines is 2. The van der Waals surface area contributed by atoms with Crippen molar-refractivity contribution >= 4 is 17.3 Å². The Morgan fingerprint density at radius 3 is 2.67 bits per heavy atom. The summed E-state index contributed by atoms with van der Waals surface area (Å²) in [4.78, 5) is 12.0. The highest BCUT2D eigenvalue weighted by atomic mass is 19.1. The van der Waals surface area contributed by atoms with Gasteiger partial charge in [0.15, 0.2) is 0 Å². The van der Waals surface area contributed by atoms with Gasteiger partial charge in [-0.15, -0.1) is 0 Å². The Kier molecular flexibility index (Phi) is 3.85. The fourth-order valence-electron chi connectivity index (χ4n) is 1.85. The van der Waals surface area contributed by atoms with Gasteiger partial charge < -0.3 is 11.1 Å². The molecular weight excluding hydrogens is 276 g/mol. The molecule has 106 valence electrons. The normalized spacial score (nSPS) is 10.0. The minimum absolute atomic E-state index is 0.192. The van der Waals surface area contributed by atoms with Gasteiger partial charge in [0.1, 0.15) is 17.7 Å². The zero-order valence-electron chi connectivity index (χ0n) is 11.1. The topological polar surface area (TPSA) is 78.9 Å². The van der Waals surface area contributed by atoms with Crippen LogP contribution in [-0.4, -0.2) is 5.91 Å². The molecule has 2 aromatic rings. The number of hydrogen-bond acceptors (Lipinski definition) is 3. The summed E-state index contributed by atoms with van der Waals surface area (Å²) in [5.74, 6) is -2.09.